The molecule has 3 heterocycles. The van der Waals surface area contributed by atoms with E-state index in [1.807, 2.05) is 60.8 Å². The van der Waals surface area contributed by atoms with Gasteiger partial charge in [-0.3, -0.25) is 4.79 Å². The predicted octanol–water partition coefficient (Wildman–Crippen LogP) is 5.35. The van der Waals surface area contributed by atoms with Crippen LogP contribution in [0.4, 0.5) is 5.69 Å². The van der Waals surface area contributed by atoms with Crippen molar-refractivity contribution >= 4 is 33.0 Å². The lowest BCUT2D eigenvalue weighted by Gasteiger charge is -2.16. The first kappa shape index (κ1) is 16.3. The van der Waals surface area contributed by atoms with Crippen molar-refractivity contribution in [2.75, 3.05) is 5.32 Å². The first-order valence-electron chi connectivity index (χ1n) is 9.23. The summed E-state index contributed by atoms with van der Waals surface area (Å²) in [6, 6.07) is 18.0. The number of carbonyl (C=O) groups is 1. The van der Waals surface area contributed by atoms with Gasteiger partial charge in [0.1, 0.15) is 5.82 Å². The molecule has 0 radical (unpaired) electrons. The largest absolute Gasteiger partial charge is 0.328 e. The number of amides is 1. The number of hydrogen-bond donors (Lipinski definition) is 1. The van der Waals surface area contributed by atoms with Gasteiger partial charge in [0.15, 0.2) is 0 Å². The van der Waals surface area contributed by atoms with Crippen molar-refractivity contribution in [2.45, 2.75) is 25.8 Å². The van der Waals surface area contributed by atoms with Crippen molar-refractivity contribution in [3.05, 3.63) is 71.4 Å². The van der Waals surface area contributed by atoms with Crippen LogP contribution in [0.15, 0.2) is 60.8 Å². The molecule has 0 aliphatic carbocycles. The number of imidazole rings is 1. The van der Waals surface area contributed by atoms with Crippen molar-refractivity contribution in [3.63, 3.8) is 0 Å². The Morgan fingerprint density at radius 2 is 1.93 bits per heavy atom. The SMILES string of the molecule is O=C(Nc1ccc(-c2ncc3n2CCCC3)cc1)c1cc2ccccc2s1. The van der Waals surface area contributed by atoms with Gasteiger partial charge in [-0.15, -0.1) is 11.3 Å². The Hall–Kier alpha value is -2.92. The standard InChI is InChI=1S/C22H19N3OS/c26-22(20-13-16-5-1-2-7-19(16)27-20)24-17-10-8-15(9-11-17)21-23-14-18-6-3-4-12-25(18)21/h1-2,5,7-11,13-14H,3-4,6,12H2,(H,24,26). The molecule has 4 aromatic rings. The van der Waals surface area contributed by atoms with Crippen LogP contribution in [0.1, 0.15) is 28.2 Å². The second-order valence-electron chi connectivity index (χ2n) is 6.86. The highest BCUT2D eigenvalue weighted by Crippen LogP contribution is 2.28. The molecule has 134 valence electrons. The van der Waals surface area contributed by atoms with Gasteiger partial charge in [-0.1, -0.05) is 18.2 Å². The maximum atomic E-state index is 12.6. The Morgan fingerprint density at radius 1 is 1.07 bits per heavy atom. The summed E-state index contributed by atoms with van der Waals surface area (Å²) in [6.45, 7) is 1.04. The minimum Gasteiger partial charge on any atom is -0.328 e. The lowest BCUT2D eigenvalue weighted by molar-refractivity contribution is 0.103. The molecule has 5 rings (SSSR count). The monoisotopic (exact) mass is 373 g/mol. The molecule has 0 fully saturated rings. The van der Waals surface area contributed by atoms with Gasteiger partial charge in [0.2, 0.25) is 0 Å². The van der Waals surface area contributed by atoms with E-state index >= 15 is 0 Å². The summed E-state index contributed by atoms with van der Waals surface area (Å²) in [7, 11) is 0. The van der Waals surface area contributed by atoms with Crippen molar-refractivity contribution in [1.82, 2.24) is 9.55 Å². The summed E-state index contributed by atoms with van der Waals surface area (Å²) in [5, 5.41) is 4.10. The van der Waals surface area contributed by atoms with Crippen LogP contribution < -0.4 is 5.32 Å². The first-order valence-corrected chi connectivity index (χ1v) is 10.0. The van der Waals surface area contributed by atoms with E-state index in [0.29, 0.717) is 0 Å². The zero-order valence-electron chi connectivity index (χ0n) is 14.8. The third kappa shape index (κ3) is 3.04. The lowest BCUT2D eigenvalue weighted by atomic mass is 10.1. The van der Waals surface area contributed by atoms with Crippen LogP contribution in [-0.4, -0.2) is 15.5 Å². The molecular weight excluding hydrogens is 354 g/mol. The van der Waals surface area contributed by atoms with E-state index in [-0.39, 0.29) is 5.91 Å². The molecule has 0 unspecified atom stereocenters. The van der Waals surface area contributed by atoms with Gasteiger partial charge in [0.25, 0.3) is 5.91 Å². The molecule has 1 N–H and O–H groups in total. The average molecular weight is 373 g/mol. The number of aromatic nitrogens is 2. The molecule has 0 bridgehead atoms. The number of aryl methyl sites for hydroxylation is 1. The lowest BCUT2D eigenvalue weighted by Crippen LogP contribution is -2.11. The van der Waals surface area contributed by atoms with Gasteiger partial charge in [0.05, 0.1) is 4.88 Å². The molecule has 0 atom stereocenters. The molecule has 0 saturated carbocycles. The van der Waals surface area contributed by atoms with Crippen molar-refractivity contribution in [3.8, 4) is 11.4 Å². The molecule has 0 saturated heterocycles. The quantitative estimate of drug-likeness (QED) is 0.526. The summed E-state index contributed by atoms with van der Waals surface area (Å²) < 4.78 is 3.44. The number of nitrogens with one attached hydrogen (secondary N) is 1. The van der Waals surface area contributed by atoms with E-state index in [1.165, 1.54) is 29.9 Å². The van der Waals surface area contributed by atoms with Crippen LogP contribution in [0.5, 0.6) is 0 Å². The number of carbonyl (C=O) groups excluding carboxylic acids is 1. The van der Waals surface area contributed by atoms with E-state index in [0.717, 1.165) is 45.0 Å². The van der Waals surface area contributed by atoms with E-state index in [9.17, 15) is 4.79 Å². The average Bonchev–Trinajstić information content (AvgIpc) is 3.33. The second-order valence-corrected chi connectivity index (χ2v) is 7.95. The van der Waals surface area contributed by atoms with Crippen LogP contribution >= 0.6 is 11.3 Å². The van der Waals surface area contributed by atoms with E-state index < -0.39 is 0 Å². The highest BCUT2D eigenvalue weighted by atomic mass is 32.1. The molecular formula is C22H19N3OS. The molecule has 1 aliphatic rings. The molecule has 0 spiro atoms. The normalized spacial score (nSPS) is 13.5. The summed E-state index contributed by atoms with van der Waals surface area (Å²) >= 11 is 1.52. The predicted molar refractivity (Wildman–Crippen MR) is 110 cm³/mol. The Bertz CT molecular complexity index is 1090. The minimum atomic E-state index is -0.0675. The first-order chi connectivity index (χ1) is 13.3. The fourth-order valence-corrected chi connectivity index (χ4v) is 4.61. The van der Waals surface area contributed by atoms with Crippen LogP contribution in [0, 0.1) is 0 Å². The fourth-order valence-electron chi connectivity index (χ4n) is 3.66. The van der Waals surface area contributed by atoms with Gasteiger partial charge < -0.3 is 9.88 Å². The molecule has 27 heavy (non-hydrogen) atoms. The van der Waals surface area contributed by atoms with Gasteiger partial charge in [-0.05, 0) is 61.0 Å². The topological polar surface area (TPSA) is 46.9 Å². The maximum absolute atomic E-state index is 12.6. The van der Waals surface area contributed by atoms with Gasteiger partial charge in [-0.25, -0.2) is 4.98 Å². The summed E-state index contributed by atoms with van der Waals surface area (Å²) in [5.74, 6) is 0.953. The molecule has 2 aromatic carbocycles. The summed E-state index contributed by atoms with van der Waals surface area (Å²) in [6.07, 6.45) is 5.55. The molecule has 5 heteroatoms. The third-order valence-corrected chi connectivity index (χ3v) is 6.17. The molecule has 4 nitrogen and oxygen atoms in total. The molecule has 1 amide bonds. The van der Waals surface area contributed by atoms with E-state index in [4.69, 9.17) is 0 Å². The van der Waals surface area contributed by atoms with Gasteiger partial charge >= 0.3 is 0 Å². The number of fused-ring (bicyclic) bond motifs is 2. The van der Waals surface area contributed by atoms with Crippen LogP contribution in [0.25, 0.3) is 21.5 Å². The Morgan fingerprint density at radius 3 is 2.78 bits per heavy atom. The fraction of sp³-hybridized carbons (Fsp3) is 0.182. The Balaban J connectivity index is 1.36. The zero-order chi connectivity index (χ0) is 18.2. The van der Waals surface area contributed by atoms with Crippen LogP contribution in [0.3, 0.4) is 0 Å². The van der Waals surface area contributed by atoms with Crippen molar-refractivity contribution in [2.24, 2.45) is 0 Å². The van der Waals surface area contributed by atoms with Gasteiger partial charge in [-0.2, -0.15) is 0 Å². The van der Waals surface area contributed by atoms with Crippen LogP contribution in [0.2, 0.25) is 0 Å². The summed E-state index contributed by atoms with van der Waals surface area (Å²) in [4.78, 5) is 17.9. The highest BCUT2D eigenvalue weighted by molar-refractivity contribution is 7.20. The Labute approximate surface area is 161 Å². The van der Waals surface area contributed by atoms with Crippen LogP contribution in [-0.2, 0) is 13.0 Å². The van der Waals surface area contributed by atoms with Crippen molar-refractivity contribution in [1.29, 1.82) is 0 Å². The van der Waals surface area contributed by atoms with E-state index in [2.05, 4.69) is 14.9 Å². The molecule has 1 aliphatic heterocycles. The maximum Gasteiger partial charge on any atom is 0.265 e. The summed E-state index contributed by atoms with van der Waals surface area (Å²) in [5.41, 5.74) is 3.20. The second kappa shape index (κ2) is 6.67. The third-order valence-electron chi connectivity index (χ3n) is 5.05. The number of thiophene rings is 1. The number of benzene rings is 2. The smallest absolute Gasteiger partial charge is 0.265 e. The minimum absolute atomic E-state index is 0.0675. The van der Waals surface area contributed by atoms with E-state index in [1.54, 1.807) is 0 Å². The molecule has 2 aromatic heterocycles. The number of hydrogen-bond acceptors (Lipinski definition) is 3. The number of anilines is 1. The van der Waals surface area contributed by atoms with Gasteiger partial charge in [0, 0.05) is 34.4 Å². The number of rotatable bonds is 3. The Kier molecular flexibility index (Phi) is 4.02. The zero-order valence-corrected chi connectivity index (χ0v) is 15.6. The number of nitrogens with zero attached hydrogens (tertiary/aromatic N) is 2. The highest BCUT2D eigenvalue weighted by Gasteiger charge is 2.15. The van der Waals surface area contributed by atoms with Crippen molar-refractivity contribution < 1.29 is 4.79 Å².